The molecular formula is C27H48N+. The largest absolute Gasteiger partial charge is 0.320 e. The van der Waals surface area contributed by atoms with Gasteiger partial charge in [-0.3, -0.25) is 0 Å². The first kappa shape index (κ1) is 25.0. The molecule has 0 aliphatic rings. The van der Waals surface area contributed by atoms with E-state index in [4.69, 9.17) is 0 Å². The first-order chi connectivity index (χ1) is 13.8. The maximum Gasteiger partial charge on any atom is 0.104 e. The molecule has 0 N–H and O–H groups in total. The predicted molar refractivity (Wildman–Crippen MR) is 127 cm³/mol. The Morgan fingerprint density at radius 1 is 0.679 bits per heavy atom. The van der Waals surface area contributed by atoms with Crippen LogP contribution in [0.15, 0.2) is 43.0 Å². The number of nitrogens with zero attached hydrogens (tertiary/aromatic N) is 1. The van der Waals surface area contributed by atoms with Crippen LogP contribution in [0.1, 0.15) is 103 Å². The van der Waals surface area contributed by atoms with Crippen molar-refractivity contribution in [2.75, 3.05) is 19.6 Å². The minimum atomic E-state index is 1.18. The molecule has 0 aliphatic heterocycles. The summed E-state index contributed by atoms with van der Waals surface area (Å²) in [6.07, 6.45) is 19.7. The smallest absolute Gasteiger partial charge is 0.104 e. The van der Waals surface area contributed by atoms with Crippen molar-refractivity contribution in [2.24, 2.45) is 0 Å². The summed E-state index contributed by atoms with van der Waals surface area (Å²) in [7, 11) is 0. The molecule has 0 heterocycles. The predicted octanol–water partition coefficient (Wildman–Crippen LogP) is 8.30. The van der Waals surface area contributed by atoms with Crippen molar-refractivity contribution in [2.45, 2.75) is 104 Å². The standard InChI is InChI=1S/C27H48N/c1-4-7-10-13-14-20-25-28(23-18-11-8-5-2,24-19-12-9-6-3)26-27-21-16-15-17-22-27/h4,15-17,21-22H,1,5-14,18-20,23-26H2,2-3H3/q+1. The molecule has 0 atom stereocenters. The minimum absolute atomic E-state index is 1.18. The van der Waals surface area contributed by atoms with Crippen molar-refractivity contribution >= 4 is 0 Å². The Morgan fingerprint density at radius 3 is 1.68 bits per heavy atom. The van der Waals surface area contributed by atoms with Gasteiger partial charge >= 0.3 is 0 Å². The van der Waals surface area contributed by atoms with E-state index in [2.05, 4.69) is 56.8 Å². The SMILES string of the molecule is C=CCCCCCC[N+](CCCCCC)(CCCCCC)Cc1ccccc1. The second-order valence-electron chi connectivity index (χ2n) is 8.77. The Balaban J connectivity index is 2.73. The van der Waals surface area contributed by atoms with E-state index in [1.165, 1.54) is 120 Å². The van der Waals surface area contributed by atoms with Crippen molar-refractivity contribution in [3.05, 3.63) is 48.6 Å². The van der Waals surface area contributed by atoms with Crippen LogP contribution in [0.3, 0.4) is 0 Å². The van der Waals surface area contributed by atoms with Gasteiger partial charge in [-0.1, -0.05) is 82.4 Å². The van der Waals surface area contributed by atoms with E-state index in [0.717, 1.165) is 0 Å². The fourth-order valence-corrected chi connectivity index (χ4v) is 4.38. The van der Waals surface area contributed by atoms with Gasteiger partial charge in [0.2, 0.25) is 0 Å². The van der Waals surface area contributed by atoms with Crippen molar-refractivity contribution in [1.29, 1.82) is 0 Å². The molecule has 28 heavy (non-hydrogen) atoms. The minimum Gasteiger partial charge on any atom is -0.320 e. The summed E-state index contributed by atoms with van der Waals surface area (Å²) in [5.74, 6) is 0. The normalized spacial score (nSPS) is 11.6. The molecule has 0 aliphatic carbocycles. The Labute approximate surface area is 176 Å². The number of quaternary nitrogens is 1. The zero-order valence-electron chi connectivity index (χ0n) is 19.1. The topological polar surface area (TPSA) is 0 Å². The van der Waals surface area contributed by atoms with Crippen LogP contribution in [0.5, 0.6) is 0 Å². The number of allylic oxidation sites excluding steroid dienone is 1. The molecule has 160 valence electrons. The van der Waals surface area contributed by atoms with E-state index in [1.807, 2.05) is 0 Å². The number of hydrogen-bond donors (Lipinski definition) is 0. The van der Waals surface area contributed by atoms with Crippen LogP contribution in [0, 0.1) is 0 Å². The van der Waals surface area contributed by atoms with Crippen LogP contribution in [0.25, 0.3) is 0 Å². The Kier molecular flexibility index (Phi) is 15.0. The third-order valence-electron chi connectivity index (χ3n) is 6.12. The van der Waals surface area contributed by atoms with Gasteiger partial charge in [-0.25, -0.2) is 0 Å². The fourth-order valence-electron chi connectivity index (χ4n) is 4.38. The van der Waals surface area contributed by atoms with Crippen LogP contribution in [0.2, 0.25) is 0 Å². The molecule has 0 spiro atoms. The number of rotatable bonds is 19. The Morgan fingerprint density at radius 2 is 1.18 bits per heavy atom. The summed E-state index contributed by atoms with van der Waals surface area (Å²) in [4.78, 5) is 0. The van der Waals surface area contributed by atoms with Gasteiger partial charge in [-0.05, 0) is 51.4 Å². The van der Waals surface area contributed by atoms with Gasteiger partial charge in [-0.2, -0.15) is 0 Å². The van der Waals surface area contributed by atoms with Gasteiger partial charge in [0.05, 0.1) is 19.6 Å². The zero-order chi connectivity index (χ0) is 20.3. The molecule has 1 heteroatoms. The van der Waals surface area contributed by atoms with Crippen molar-refractivity contribution in [1.82, 2.24) is 0 Å². The summed E-state index contributed by atoms with van der Waals surface area (Å²) >= 11 is 0. The molecule has 0 amide bonds. The summed E-state index contributed by atoms with van der Waals surface area (Å²) in [6, 6.07) is 11.3. The number of benzene rings is 1. The van der Waals surface area contributed by atoms with Crippen molar-refractivity contribution in [3.63, 3.8) is 0 Å². The summed E-state index contributed by atoms with van der Waals surface area (Å²) in [5.41, 5.74) is 1.53. The first-order valence-electron chi connectivity index (χ1n) is 12.3. The monoisotopic (exact) mass is 386 g/mol. The van der Waals surface area contributed by atoms with E-state index in [0.29, 0.717) is 0 Å². The molecule has 0 bridgehead atoms. The van der Waals surface area contributed by atoms with E-state index in [1.54, 1.807) is 0 Å². The molecule has 1 rings (SSSR count). The number of unbranched alkanes of at least 4 members (excludes halogenated alkanes) is 10. The maximum absolute atomic E-state index is 3.86. The average molecular weight is 387 g/mol. The highest BCUT2D eigenvalue weighted by molar-refractivity contribution is 5.13. The van der Waals surface area contributed by atoms with Gasteiger partial charge in [0.15, 0.2) is 0 Å². The van der Waals surface area contributed by atoms with Crippen LogP contribution in [0.4, 0.5) is 0 Å². The molecular weight excluding hydrogens is 338 g/mol. The molecule has 0 fully saturated rings. The average Bonchev–Trinajstić information content (AvgIpc) is 2.72. The van der Waals surface area contributed by atoms with Crippen LogP contribution in [-0.4, -0.2) is 24.1 Å². The summed E-state index contributed by atoms with van der Waals surface area (Å²) < 4.78 is 1.32. The third kappa shape index (κ3) is 11.7. The summed E-state index contributed by atoms with van der Waals surface area (Å²) in [5, 5.41) is 0. The molecule has 0 unspecified atom stereocenters. The molecule has 0 aromatic heterocycles. The second-order valence-corrected chi connectivity index (χ2v) is 8.77. The molecule has 1 nitrogen and oxygen atoms in total. The highest BCUT2D eigenvalue weighted by Gasteiger charge is 2.26. The maximum atomic E-state index is 3.86. The molecule has 1 aromatic carbocycles. The lowest BCUT2D eigenvalue weighted by atomic mass is 10.1. The van der Waals surface area contributed by atoms with Crippen molar-refractivity contribution in [3.8, 4) is 0 Å². The Bertz CT molecular complexity index is 452. The lowest BCUT2D eigenvalue weighted by Crippen LogP contribution is -2.49. The zero-order valence-corrected chi connectivity index (χ0v) is 19.1. The summed E-state index contributed by atoms with van der Waals surface area (Å²) in [6.45, 7) is 13.8. The van der Waals surface area contributed by atoms with Crippen LogP contribution >= 0.6 is 0 Å². The quantitative estimate of drug-likeness (QED) is 0.127. The highest BCUT2D eigenvalue weighted by Crippen LogP contribution is 2.21. The van der Waals surface area contributed by atoms with Crippen LogP contribution < -0.4 is 0 Å². The van der Waals surface area contributed by atoms with E-state index < -0.39 is 0 Å². The van der Waals surface area contributed by atoms with Gasteiger partial charge in [0.1, 0.15) is 6.54 Å². The van der Waals surface area contributed by atoms with Crippen molar-refractivity contribution < 1.29 is 4.48 Å². The Hall–Kier alpha value is -1.08. The highest BCUT2D eigenvalue weighted by atomic mass is 15.3. The fraction of sp³-hybridized carbons (Fsp3) is 0.704. The lowest BCUT2D eigenvalue weighted by Gasteiger charge is -2.39. The molecule has 0 radical (unpaired) electrons. The lowest BCUT2D eigenvalue weighted by molar-refractivity contribution is -0.941. The van der Waals surface area contributed by atoms with Gasteiger partial charge in [-0.15, -0.1) is 6.58 Å². The first-order valence-corrected chi connectivity index (χ1v) is 12.3. The van der Waals surface area contributed by atoms with Crippen LogP contribution in [-0.2, 0) is 6.54 Å². The third-order valence-corrected chi connectivity index (χ3v) is 6.12. The molecule has 1 aromatic rings. The van der Waals surface area contributed by atoms with Gasteiger partial charge in [0, 0.05) is 5.56 Å². The second kappa shape index (κ2) is 16.8. The van der Waals surface area contributed by atoms with Gasteiger partial charge < -0.3 is 4.48 Å². The number of hydrogen-bond acceptors (Lipinski definition) is 0. The molecule has 0 saturated carbocycles. The van der Waals surface area contributed by atoms with E-state index in [-0.39, 0.29) is 0 Å². The van der Waals surface area contributed by atoms with Gasteiger partial charge in [0.25, 0.3) is 0 Å². The van der Waals surface area contributed by atoms with E-state index >= 15 is 0 Å². The van der Waals surface area contributed by atoms with E-state index in [9.17, 15) is 0 Å². The molecule has 0 saturated heterocycles.